The maximum atomic E-state index is 12.2. The number of hydrogen-bond acceptors (Lipinski definition) is 6. The van der Waals surface area contributed by atoms with Gasteiger partial charge in [0.2, 0.25) is 10.0 Å². The molecule has 0 spiro atoms. The Morgan fingerprint density at radius 1 is 1.00 bits per heavy atom. The van der Waals surface area contributed by atoms with Crippen molar-refractivity contribution in [2.24, 2.45) is 0 Å². The van der Waals surface area contributed by atoms with E-state index in [4.69, 9.17) is 9.47 Å². The lowest BCUT2D eigenvalue weighted by Gasteiger charge is -2.09. The Morgan fingerprint density at radius 3 is 2.33 bits per heavy atom. The molecule has 0 aromatic heterocycles. The number of amides is 1. The van der Waals surface area contributed by atoms with Crippen LogP contribution in [0.5, 0.6) is 5.75 Å². The molecule has 2 aromatic carbocycles. The number of benzene rings is 2. The monoisotopic (exact) mass is 434 g/mol. The Bertz CT molecular complexity index is 987. The summed E-state index contributed by atoms with van der Waals surface area (Å²) >= 11 is 0. The summed E-state index contributed by atoms with van der Waals surface area (Å²) in [5.41, 5.74) is 2.81. The molecule has 0 radical (unpaired) electrons. The van der Waals surface area contributed by atoms with E-state index in [2.05, 4.69) is 10.0 Å². The lowest BCUT2D eigenvalue weighted by atomic mass is 10.1. The van der Waals surface area contributed by atoms with Gasteiger partial charge in [0.05, 0.1) is 12.0 Å². The van der Waals surface area contributed by atoms with Crippen molar-refractivity contribution in [3.63, 3.8) is 0 Å². The van der Waals surface area contributed by atoms with Crippen molar-refractivity contribution in [1.29, 1.82) is 0 Å². The molecule has 9 heteroatoms. The van der Waals surface area contributed by atoms with Crippen molar-refractivity contribution in [2.45, 2.75) is 25.2 Å². The highest BCUT2D eigenvalue weighted by Crippen LogP contribution is 2.14. The second-order valence-corrected chi connectivity index (χ2v) is 8.45. The van der Waals surface area contributed by atoms with Crippen LogP contribution in [-0.2, 0) is 30.8 Å². The Hall–Kier alpha value is -2.91. The van der Waals surface area contributed by atoms with Crippen molar-refractivity contribution >= 4 is 21.9 Å². The summed E-state index contributed by atoms with van der Waals surface area (Å²) < 4.78 is 36.6. The summed E-state index contributed by atoms with van der Waals surface area (Å²) in [4.78, 5) is 23.6. The number of esters is 1. The number of ether oxygens (including phenoxy) is 2. The van der Waals surface area contributed by atoms with E-state index >= 15 is 0 Å². The van der Waals surface area contributed by atoms with Gasteiger partial charge in [0, 0.05) is 6.54 Å². The zero-order valence-electron chi connectivity index (χ0n) is 17.2. The minimum atomic E-state index is -3.84. The summed E-state index contributed by atoms with van der Waals surface area (Å²) in [6, 6.07) is 12.1. The van der Waals surface area contributed by atoms with Crippen LogP contribution in [0.3, 0.4) is 0 Å². The van der Waals surface area contributed by atoms with E-state index in [-0.39, 0.29) is 4.90 Å². The fourth-order valence-corrected chi connectivity index (χ4v) is 3.56. The lowest BCUT2D eigenvalue weighted by Crippen LogP contribution is -2.34. The topological polar surface area (TPSA) is 111 Å². The van der Waals surface area contributed by atoms with Gasteiger partial charge in [-0.1, -0.05) is 18.2 Å². The van der Waals surface area contributed by atoms with E-state index in [1.807, 2.05) is 31.2 Å². The van der Waals surface area contributed by atoms with E-state index in [9.17, 15) is 18.0 Å². The van der Waals surface area contributed by atoms with Gasteiger partial charge in [-0.25, -0.2) is 8.42 Å². The summed E-state index contributed by atoms with van der Waals surface area (Å²) in [5.74, 6) is -0.551. The van der Waals surface area contributed by atoms with Crippen molar-refractivity contribution < 1.29 is 27.5 Å². The third-order valence-corrected chi connectivity index (χ3v) is 5.85. The predicted octanol–water partition coefficient (Wildman–Crippen LogP) is 1.49. The lowest BCUT2D eigenvalue weighted by molar-refractivity contribution is -0.147. The second-order valence-electron chi connectivity index (χ2n) is 6.68. The molecule has 2 rings (SSSR count). The van der Waals surface area contributed by atoms with Gasteiger partial charge in [0.1, 0.15) is 12.3 Å². The first kappa shape index (κ1) is 23.4. The zero-order chi connectivity index (χ0) is 22.1. The third kappa shape index (κ3) is 7.16. The molecule has 1 amide bonds. The number of carbonyl (C=O) groups excluding carboxylic acids is 2. The number of aryl methyl sites for hydroxylation is 2. The molecule has 30 heavy (non-hydrogen) atoms. The van der Waals surface area contributed by atoms with Crippen LogP contribution >= 0.6 is 0 Å². The quantitative estimate of drug-likeness (QED) is 0.548. The fourth-order valence-electron chi connectivity index (χ4n) is 2.50. The van der Waals surface area contributed by atoms with Gasteiger partial charge < -0.3 is 14.8 Å². The molecule has 2 aromatic rings. The van der Waals surface area contributed by atoms with E-state index in [1.165, 1.54) is 12.1 Å². The minimum absolute atomic E-state index is 0.0645. The van der Waals surface area contributed by atoms with E-state index in [0.29, 0.717) is 13.0 Å². The van der Waals surface area contributed by atoms with Gasteiger partial charge in [-0.05, 0) is 61.2 Å². The van der Waals surface area contributed by atoms with Gasteiger partial charge in [-0.3, -0.25) is 9.59 Å². The highest BCUT2D eigenvalue weighted by atomic mass is 32.2. The molecule has 0 aliphatic carbocycles. The molecule has 0 aliphatic heterocycles. The molecule has 162 valence electrons. The van der Waals surface area contributed by atoms with Gasteiger partial charge >= 0.3 is 5.97 Å². The van der Waals surface area contributed by atoms with Crippen LogP contribution in [0.25, 0.3) is 0 Å². The molecule has 0 saturated carbocycles. The highest BCUT2D eigenvalue weighted by Gasteiger charge is 2.17. The van der Waals surface area contributed by atoms with Gasteiger partial charge in [0.25, 0.3) is 5.91 Å². The van der Waals surface area contributed by atoms with E-state index in [0.717, 1.165) is 22.4 Å². The van der Waals surface area contributed by atoms with Crippen molar-refractivity contribution in [1.82, 2.24) is 10.0 Å². The number of hydrogen-bond donors (Lipinski definition) is 2. The molecule has 2 N–H and O–H groups in total. The molecule has 0 bridgehead atoms. The molecule has 0 saturated heterocycles. The predicted molar refractivity (Wildman–Crippen MR) is 112 cm³/mol. The van der Waals surface area contributed by atoms with E-state index < -0.39 is 35.1 Å². The summed E-state index contributed by atoms with van der Waals surface area (Å²) in [5, 5.41) is 2.64. The normalized spacial score (nSPS) is 11.0. The van der Waals surface area contributed by atoms with Crippen molar-refractivity contribution in [3.05, 3.63) is 59.2 Å². The smallest absolute Gasteiger partial charge is 0.321 e. The van der Waals surface area contributed by atoms with Crippen molar-refractivity contribution in [2.75, 3.05) is 26.8 Å². The SMILES string of the molecule is COc1ccc(CCNC(=O)COC(=O)CNS(=O)(=O)c2ccc(C)c(C)c2)cc1. The van der Waals surface area contributed by atoms with Crippen LogP contribution in [0, 0.1) is 13.8 Å². The second kappa shape index (κ2) is 10.7. The van der Waals surface area contributed by atoms with Gasteiger partial charge in [-0.2, -0.15) is 4.72 Å². The Kier molecular flexibility index (Phi) is 8.37. The van der Waals surface area contributed by atoms with E-state index in [1.54, 1.807) is 20.1 Å². The Balaban J connectivity index is 1.70. The van der Waals surface area contributed by atoms with Crippen LogP contribution < -0.4 is 14.8 Å². The van der Waals surface area contributed by atoms with Crippen LogP contribution in [0.4, 0.5) is 0 Å². The van der Waals surface area contributed by atoms with Crippen LogP contribution in [-0.4, -0.2) is 47.1 Å². The first-order valence-electron chi connectivity index (χ1n) is 9.33. The third-order valence-electron chi connectivity index (χ3n) is 4.45. The minimum Gasteiger partial charge on any atom is -0.497 e. The summed E-state index contributed by atoms with van der Waals surface area (Å²) in [6.07, 6.45) is 0.611. The van der Waals surface area contributed by atoms with Crippen LogP contribution in [0.15, 0.2) is 47.4 Å². The van der Waals surface area contributed by atoms with Gasteiger partial charge in [-0.15, -0.1) is 0 Å². The summed E-state index contributed by atoms with van der Waals surface area (Å²) in [6.45, 7) is 3.01. The van der Waals surface area contributed by atoms with Gasteiger partial charge in [0.15, 0.2) is 6.61 Å². The molecule has 8 nitrogen and oxygen atoms in total. The first-order chi connectivity index (χ1) is 14.2. The average Bonchev–Trinajstić information content (AvgIpc) is 2.73. The molecular weight excluding hydrogens is 408 g/mol. The largest absolute Gasteiger partial charge is 0.497 e. The molecule has 0 aliphatic rings. The Labute approximate surface area is 176 Å². The van der Waals surface area contributed by atoms with Crippen molar-refractivity contribution in [3.8, 4) is 5.75 Å². The maximum Gasteiger partial charge on any atom is 0.321 e. The van der Waals surface area contributed by atoms with Crippen LogP contribution in [0.2, 0.25) is 0 Å². The maximum absolute atomic E-state index is 12.2. The first-order valence-corrected chi connectivity index (χ1v) is 10.8. The summed E-state index contributed by atoms with van der Waals surface area (Å²) in [7, 11) is -2.26. The zero-order valence-corrected chi connectivity index (χ0v) is 18.0. The molecule has 0 fully saturated rings. The molecule has 0 unspecified atom stereocenters. The number of sulfonamides is 1. The molecule has 0 heterocycles. The standard InChI is InChI=1S/C21H26N2O6S/c1-15-4-9-19(12-16(15)2)30(26,27)23-13-21(25)29-14-20(24)22-11-10-17-5-7-18(28-3)8-6-17/h4-9,12,23H,10-11,13-14H2,1-3H3,(H,22,24). The molecular formula is C21H26N2O6S. The number of nitrogens with one attached hydrogen (secondary N) is 2. The molecule has 0 atom stereocenters. The Morgan fingerprint density at radius 2 is 1.70 bits per heavy atom. The fraction of sp³-hybridized carbons (Fsp3) is 0.333. The van der Waals surface area contributed by atoms with Crippen LogP contribution in [0.1, 0.15) is 16.7 Å². The average molecular weight is 435 g/mol. The number of rotatable bonds is 10. The number of carbonyl (C=O) groups is 2. The number of methoxy groups -OCH3 is 1. The highest BCUT2D eigenvalue weighted by molar-refractivity contribution is 7.89.